The van der Waals surface area contributed by atoms with E-state index in [0.29, 0.717) is 37.7 Å². The molecule has 0 bridgehead atoms. The van der Waals surface area contributed by atoms with Crippen LogP contribution in [0.2, 0.25) is 0 Å². The number of hydrogen-bond acceptors (Lipinski definition) is 8. The van der Waals surface area contributed by atoms with Crippen LogP contribution in [0, 0.1) is 0 Å². The summed E-state index contributed by atoms with van der Waals surface area (Å²) in [7, 11) is 0. The summed E-state index contributed by atoms with van der Waals surface area (Å²) in [5.41, 5.74) is 7.43. The number of carbonyl (C=O) groups is 1. The van der Waals surface area contributed by atoms with Crippen LogP contribution in [0.4, 0.5) is 0 Å². The maximum absolute atomic E-state index is 11.5. The van der Waals surface area contributed by atoms with Gasteiger partial charge in [0.1, 0.15) is 41.6 Å². The average molecular weight is 520 g/mol. The number of nitrogens with two attached hydrogens (primary N) is 1. The van der Waals surface area contributed by atoms with E-state index in [1.54, 1.807) is 23.6 Å². The number of benzene rings is 3. The number of amides is 1. The maximum atomic E-state index is 11.5. The van der Waals surface area contributed by atoms with Gasteiger partial charge < -0.3 is 25.4 Å². The van der Waals surface area contributed by atoms with Gasteiger partial charge in [0, 0.05) is 36.8 Å². The fourth-order valence-corrected chi connectivity index (χ4v) is 4.42. The lowest BCUT2D eigenvalue weighted by Crippen LogP contribution is -2.37. The van der Waals surface area contributed by atoms with Crippen LogP contribution in [0.25, 0.3) is 10.6 Å². The van der Waals surface area contributed by atoms with E-state index < -0.39 is 12.0 Å². The van der Waals surface area contributed by atoms with Crippen LogP contribution in [0.3, 0.4) is 0 Å². The van der Waals surface area contributed by atoms with Gasteiger partial charge in [-0.1, -0.05) is 30.3 Å². The second-order valence-electron chi connectivity index (χ2n) is 8.44. The number of carbonyl (C=O) groups excluding carboxylic acids is 1. The summed E-state index contributed by atoms with van der Waals surface area (Å²) in [6.07, 6.45) is 1.05. The lowest BCUT2D eigenvalue weighted by Gasteiger charge is -2.25. The van der Waals surface area contributed by atoms with Gasteiger partial charge in [0.05, 0.1) is 5.56 Å². The molecule has 8 nitrogen and oxygen atoms in total. The number of aromatic hydroxyl groups is 1. The Labute approximate surface area is 219 Å². The number of ether oxygens (including phenoxy) is 2. The summed E-state index contributed by atoms with van der Waals surface area (Å²) >= 11 is 1.58. The molecule has 1 atom stereocenters. The molecular weight excluding hydrogens is 490 g/mol. The van der Waals surface area contributed by atoms with Crippen molar-refractivity contribution in [3.8, 4) is 27.8 Å². The third kappa shape index (κ3) is 7.78. The summed E-state index contributed by atoms with van der Waals surface area (Å²) in [6.45, 7) is 1.95. The van der Waals surface area contributed by atoms with Crippen LogP contribution in [0.15, 0.2) is 84.4 Å². The molecule has 0 saturated heterocycles. The van der Waals surface area contributed by atoms with Crippen LogP contribution in [-0.2, 0) is 6.54 Å². The minimum atomic E-state index is -0.727. The van der Waals surface area contributed by atoms with Gasteiger partial charge in [0.25, 0.3) is 5.91 Å². The smallest absolute Gasteiger partial charge is 0.252 e. The third-order valence-corrected chi connectivity index (χ3v) is 6.43. The summed E-state index contributed by atoms with van der Waals surface area (Å²) in [6, 6.07) is 22.0. The van der Waals surface area contributed by atoms with E-state index in [2.05, 4.69) is 9.88 Å². The van der Waals surface area contributed by atoms with Crippen molar-refractivity contribution in [3.63, 3.8) is 0 Å². The molecule has 4 N–H and O–H groups in total. The Morgan fingerprint density at radius 2 is 1.78 bits per heavy atom. The Kier molecular flexibility index (Phi) is 9.09. The highest BCUT2D eigenvalue weighted by molar-refractivity contribution is 7.13. The van der Waals surface area contributed by atoms with Gasteiger partial charge in [-0.2, -0.15) is 0 Å². The first kappa shape index (κ1) is 26.2. The summed E-state index contributed by atoms with van der Waals surface area (Å²) in [5.74, 6) is 0.187. The fraction of sp³-hybridized carbons (Fsp3) is 0.214. The molecule has 4 aromatic rings. The summed E-state index contributed by atoms with van der Waals surface area (Å²) in [5, 5.41) is 23.4. The predicted octanol–water partition coefficient (Wildman–Crippen LogP) is 3.94. The Bertz CT molecular complexity index is 1270. The highest BCUT2D eigenvalue weighted by atomic mass is 32.1. The van der Waals surface area contributed by atoms with Crippen molar-refractivity contribution in [1.29, 1.82) is 0 Å². The summed E-state index contributed by atoms with van der Waals surface area (Å²) in [4.78, 5) is 17.9. The zero-order valence-corrected chi connectivity index (χ0v) is 21.0. The minimum Gasteiger partial charge on any atom is -0.507 e. The van der Waals surface area contributed by atoms with Gasteiger partial charge in [-0.05, 0) is 48.0 Å². The quantitative estimate of drug-likeness (QED) is 0.245. The molecule has 0 aliphatic carbocycles. The largest absolute Gasteiger partial charge is 0.507 e. The van der Waals surface area contributed by atoms with Crippen LogP contribution < -0.4 is 15.2 Å². The SMILES string of the molecule is NC(=O)c1cc(OCCN(Cc2ccccc2)CC(O)COc2ccc(-c3nccs3)cc2)ccc1O. The Morgan fingerprint density at radius 3 is 2.49 bits per heavy atom. The van der Waals surface area contributed by atoms with Gasteiger partial charge in [-0.3, -0.25) is 9.69 Å². The number of hydrogen-bond donors (Lipinski definition) is 3. The highest BCUT2D eigenvalue weighted by Gasteiger charge is 2.15. The van der Waals surface area contributed by atoms with Crippen molar-refractivity contribution in [1.82, 2.24) is 9.88 Å². The second-order valence-corrected chi connectivity index (χ2v) is 9.33. The topological polar surface area (TPSA) is 118 Å². The number of primary amides is 1. The molecule has 1 aromatic heterocycles. The normalized spacial score (nSPS) is 11.8. The molecule has 37 heavy (non-hydrogen) atoms. The number of rotatable bonds is 13. The summed E-state index contributed by atoms with van der Waals surface area (Å²) < 4.78 is 11.6. The number of nitrogens with zero attached hydrogens (tertiary/aromatic N) is 2. The van der Waals surface area contributed by atoms with E-state index >= 15 is 0 Å². The molecule has 1 heterocycles. The second kappa shape index (κ2) is 12.9. The maximum Gasteiger partial charge on any atom is 0.252 e. The molecule has 3 aromatic carbocycles. The first-order chi connectivity index (χ1) is 18.0. The molecule has 1 unspecified atom stereocenters. The van der Waals surface area contributed by atoms with Crippen molar-refractivity contribution >= 4 is 17.2 Å². The van der Waals surface area contributed by atoms with E-state index in [0.717, 1.165) is 16.1 Å². The zero-order valence-electron chi connectivity index (χ0n) is 20.2. The molecule has 1 amide bonds. The lowest BCUT2D eigenvalue weighted by molar-refractivity contribution is 0.0605. The molecule has 192 valence electrons. The Hall–Kier alpha value is -3.92. The highest BCUT2D eigenvalue weighted by Crippen LogP contribution is 2.24. The molecule has 9 heteroatoms. The standard InChI is InChI=1S/C28H29N3O5S/c29-27(34)25-16-24(10-11-26(25)33)35-14-13-31(17-20-4-2-1-3-5-20)18-22(32)19-36-23-8-6-21(7-9-23)28-30-12-15-37-28/h1-12,15-16,22,32-33H,13-14,17-19H2,(H2,29,34). The van der Waals surface area contributed by atoms with Crippen molar-refractivity contribution in [2.75, 3.05) is 26.3 Å². The molecule has 0 aliphatic heterocycles. The van der Waals surface area contributed by atoms with Crippen molar-refractivity contribution in [2.45, 2.75) is 12.6 Å². The van der Waals surface area contributed by atoms with Gasteiger partial charge >= 0.3 is 0 Å². The molecule has 0 spiro atoms. The van der Waals surface area contributed by atoms with Gasteiger partial charge in [0.15, 0.2) is 0 Å². The number of phenols is 1. The van der Waals surface area contributed by atoms with Crippen molar-refractivity contribution in [3.05, 3.63) is 95.5 Å². The van der Waals surface area contributed by atoms with Gasteiger partial charge in [0.2, 0.25) is 0 Å². The minimum absolute atomic E-state index is 0.00546. The number of aromatic nitrogens is 1. The molecule has 0 saturated carbocycles. The number of thiazole rings is 1. The molecule has 4 rings (SSSR count). The Morgan fingerprint density at radius 1 is 1.03 bits per heavy atom. The van der Waals surface area contributed by atoms with Crippen LogP contribution in [0.1, 0.15) is 15.9 Å². The van der Waals surface area contributed by atoms with Crippen LogP contribution >= 0.6 is 11.3 Å². The molecule has 0 radical (unpaired) electrons. The van der Waals surface area contributed by atoms with E-state index in [1.807, 2.05) is 60.0 Å². The fourth-order valence-electron chi connectivity index (χ4n) is 3.77. The average Bonchev–Trinajstić information content (AvgIpc) is 3.44. The third-order valence-electron chi connectivity index (χ3n) is 5.60. The van der Waals surface area contributed by atoms with Gasteiger partial charge in [-0.15, -0.1) is 11.3 Å². The number of aliphatic hydroxyl groups is 1. The Balaban J connectivity index is 1.32. The first-order valence-electron chi connectivity index (χ1n) is 11.8. The first-order valence-corrected chi connectivity index (χ1v) is 12.7. The van der Waals surface area contributed by atoms with Gasteiger partial charge in [-0.25, -0.2) is 4.98 Å². The van der Waals surface area contributed by atoms with Crippen molar-refractivity contribution < 1.29 is 24.5 Å². The lowest BCUT2D eigenvalue weighted by atomic mass is 10.2. The van der Waals surface area contributed by atoms with E-state index in [9.17, 15) is 15.0 Å². The van der Waals surface area contributed by atoms with E-state index in [-0.39, 0.29) is 17.9 Å². The predicted molar refractivity (Wildman–Crippen MR) is 143 cm³/mol. The van der Waals surface area contributed by atoms with E-state index in [1.165, 1.54) is 12.1 Å². The molecular formula is C28H29N3O5S. The number of aliphatic hydroxyl groups excluding tert-OH is 1. The monoisotopic (exact) mass is 519 g/mol. The molecule has 0 fully saturated rings. The van der Waals surface area contributed by atoms with Crippen LogP contribution in [0.5, 0.6) is 17.2 Å². The van der Waals surface area contributed by atoms with Crippen molar-refractivity contribution in [2.24, 2.45) is 5.73 Å². The molecule has 0 aliphatic rings. The van der Waals surface area contributed by atoms with E-state index in [4.69, 9.17) is 15.2 Å². The van der Waals surface area contributed by atoms with Crippen LogP contribution in [-0.4, -0.2) is 58.4 Å². The zero-order chi connectivity index (χ0) is 26.0.